The summed E-state index contributed by atoms with van der Waals surface area (Å²) in [6.45, 7) is 1.12. The first-order valence-electron chi connectivity index (χ1n) is 7.07. The quantitative estimate of drug-likeness (QED) is 0.814. The number of amides is 1. The normalized spacial score (nSPS) is 24.7. The topological polar surface area (TPSA) is 67.8 Å². The highest BCUT2D eigenvalue weighted by Gasteiger charge is 2.49. The Morgan fingerprint density at radius 2 is 1.90 bits per heavy atom. The summed E-state index contributed by atoms with van der Waals surface area (Å²) in [6, 6.07) is 6.46. The summed E-state index contributed by atoms with van der Waals surface area (Å²) in [7, 11) is 0. The van der Waals surface area contributed by atoms with Crippen LogP contribution in [0.1, 0.15) is 25.7 Å². The summed E-state index contributed by atoms with van der Waals surface area (Å²) in [5, 5.41) is 12.1. The van der Waals surface area contributed by atoms with E-state index in [-0.39, 0.29) is 17.6 Å². The summed E-state index contributed by atoms with van der Waals surface area (Å²) in [6.07, 6.45) is 3.61. The number of ether oxygens (including phenoxy) is 2. The van der Waals surface area contributed by atoms with Crippen LogP contribution < -0.4 is 5.32 Å². The number of benzene rings is 1. The van der Waals surface area contributed by atoms with Gasteiger partial charge in [0, 0.05) is 12.1 Å². The lowest BCUT2D eigenvalue weighted by Crippen LogP contribution is -2.47. The van der Waals surface area contributed by atoms with Gasteiger partial charge in [0.25, 0.3) is 0 Å². The minimum atomic E-state index is -0.723. The molecule has 1 unspecified atom stereocenters. The van der Waals surface area contributed by atoms with Gasteiger partial charge in [-0.25, -0.2) is 0 Å². The van der Waals surface area contributed by atoms with E-state index in [9.17, 15) is 9.90 Å². The molecule has 1 amide bonds. The minimum Gasteiger partial charge on any atom is -0.508 e. The Morgan fingerprint density at radius 1 is 1.20 bits per heavy atom. The third-order valence-corrected chi connectivity index (χ3v) is 4.03. The summed E-state index contributed by atoms with van der Waals surface area (Å²) in [5.41, 5.74) is 0.673. The van der Waals surface area contributed by atoms with Crippen molar-refractivity contribution in [1.82, 2.24) is 0 Å². The van der Waals surface area contributed by atoms with Gasteiger partial charge >= 0.3 is 0 Å². The van der Waals surface area contributed by atoms with Gasteiger partial charge in [-0.3, -0.25) is 4.79 Å². The van der Waals surface area contributed by atoms with Crippen molar-refractivity contribution in [2.24, 2.45) is 5.92 Å². The fraction of sp³-hybridized carbons (Fsp3) is 0.533. The van der Waals surface area contributed by atoms with E-state index in [2.05, 4.69) is 5.32 Å². The monoisotopic (exact) mass is 277 g/mol. The number of phenols is 1. The van der Waals surface area contributed by atoms with Crippen molar-refractivity contribution in [3.8, 4) is 5.75 Å². The molecule has 1 atom stereocenters. The molecule has 1 aliphatic carbocycles. The summed E-state index contributed by atoms with van der Waals surface area (Å²) in [5.74, 6) is -0.886. The van der Waals surface area contributed by atoms with Gasteiger partial charge in [-0.1, -0.05) is 6.42 Å². The maximum Gasteiger partial charge on any atom is 0.232 e. The second-order valence-corrected chi connectivity index (χ2v) is 5.34. The molecule has 0 aromatic heterocycles. The zero-order chi connectivity index (χ0) is 14.0. The van der Waals surface area contributed by atoms with Crippen LogP contribution in [0.25, 0.3) is 0 Å². The van der Waals surface area contributed by atoms with Crippen molar-refractivity contribution < 1.29 is 19.4 Å². The molecule has 2 fully saturated rings. The predicted molar refractivity (Wildman–Crippen MR) is 73.3 cm³/mol. The van der Waals surface area contributed by atoms with Gasteiger partial charge in [0.2, 0.25) is 5.91 Å². The molecule has 5 nitrogen and oxygen atoms in total. The zero-order valence-corrected chi connectivity index (χ0v) is 11.3. The van der Waals surface area contributed by atoms with Crippen LogP contribution in [-0.2, 0) is 14.3 Å². The molecule has 108 valence electrons. The fourth-order valence-corrected chi connectivity index (χ4v) is 3.04. The number of aromatic hydroxyl groups is 1. The summed E-state index contributed by atoms with van der Waals surface area (Å²) < 4.78 is 11.5. The van der Waals surface area contributed by atoms with Crippen LogP contribution in [-0.4, -0.2) is 30.0 Å². The van der Waals surface area contributed by atoms with Crippen LogP contribution >= 0.6 is 0 Å². The molecular weight excluding hydrogens is 258 g/mol. The van der Waals surface area contributed by atoms with Crippen LogP contribution in [0.4, 0.5) is 5.69 Å². The van der Waals surface area contributed by atoms with Crippen molar-refractivity contribution >= 4 is 11.6 Å². The largest absolute Gasteiger partial charge is 0.508 e. The first-order valence-corrected chi connectivity index (χ1v) is 7.07. The molecule has 3 rings (SSSR count). The van der Waals surface area contributed by atoms with Crippen molar-refractivity contribution in [1.29, 1.82) is 0 Å². The van der Waals surface area contributed by atoms with Gasteiger partial charge in [0.15, 0.2) is 5.79 Å². The Hall–Kier alpha value is -1.59. The van der Waals surface area contributed by atoms with E-state index in [1.165, 1.54) is 0 Å². The lowest BCUT2D eigenvalue weighted by Gasteiger charge is -2.38. The molecule has 2 aliphatic rings. The van der Waals surface area contributed by atoms with E-state index < -0.39 is 5.79 Å². The van der Waals surface area contributed by atoms with Crippen molar-refractivity contribution in [3.63, 3.8) is 0 Å². The second kappa shape index (κ2) is 5.42. The zero-order valence-electron chi connectivity index (χ0n) is 11.3. The Labute approximate surface area is 117 Å². The molecule has 1 aromatic rings. The van der Waals surface area contributed by atoms with Gasteiger partial charge in [-0.15, -0.1) is 0 Å². The lowest BCUT2D eigenvalue weighted by atomic mass is 9.82. The Morgan fingerprint density at radius 3 is 2.60 bits per heavy atom. The predicted octanol–water partition coefficient (Wildman–Crippen LogP) is 2.26. The van der Waals surface area contributed by atoms with E-state index in [1.54, 1.807) is 24.3 Å². The summed E-state index contributed by atoms with van der Waals surface area (Å²) in [4.78, 5) is 12.5. The van der Waals surface area contributed by atoms with Gasteiger partial charge in [0.1, 0.15) is 5.75 Å². The molecule has 5 heteroatoms. The number of hydrogen-bond acceptors (Lipinski definition) is 4. The molecule has 1 spiro atoms. The molecule has 0 radical (unpaired) electrons. The minimum absolute atomic E-state index is 0.0720. The first kappa shape index (κ1) is 13.4. The van der Waals surface area contributed by atoms with Crippen LogP contribution in [0.3, 0.4) is 0 Å². The van der Waals surface area contributed by atoms with Gasteiger partial charge in [-0.2, -0.15) is 0 Å². The van der Waals surface area contributed by atoms with Crippen LogP contribution in [0.2, 0.25) is 0 Å². The average molecular weight is 277 g/mol. The van der Waals surface area contributed by atoms with Crippen molar-refractivity contribution in [2.75, 3.05) is 18.5 Å². The van der Waals surface area contributed by atoms with E-state index in [0.717, 1.165) is 25.7 Å². The number of rotatable bonds is 2. The third kappa shape index (κ3) is 2.51. The molecular formula is C15H19NO4. The highest BCUT2D eigenvalue weighted by atomic mass is 16.7. The highest BCUT2D eigenvalue weighted by Crippen LogP contribution is 2.41. The fourth-order valence-electron chi connectivity index (χ4n) is 3.04. The van der Waals surface area contributed by atoms with Gasteiger partial charge in [-0.05, 0) is 37.1 Å². The molecule has 2 N–H and O–H groups in total. The lowest BCUT2D eigenvalue weighted by molar-refractivity contribution is -0.210. The van der Waals surface area contributed by atoms with E-state index in [0.29, 0.717) is 18.9 Å². The average Bonchev–Trinajstić information content (AvgIpc) is 2.90. The number of anilines is 1. The smallest absolute Gasteiger partial charge is 0.232 e. The molecule has 1 saturated heterocycles. The first-order chi connectivity index (χ1) is 9.70. The number of carbonyl (C=O) groups excluding carboxylic acids is 1. The molecule has 1 aromatic carbocycles. The number of hydrogen-bond donors (Lipinski definition) is 2. The molecule has 0 bridgehead atoms. The maximum absolute atomic E-state index is 12.5. The SMILES string of the molecule is O=C(Nc1ccc(O)cc1)C1CCCCC12OCCO2. The Bertz CT molecular complexity index is 479. The summed E-state index contributed by atoms with van der Waals surface area (Å²) >= 11 is 0. The van der Waals surface area contributed by atoms with Crippen LogP contribution in [0.15, 0.2) is 24.3 Å². The molecule has 1 aliphatic heterocycles. The maximum atomic E-state index is 12.5. The number of nitrogens with one attached hydrogen (secondary N) is 1. The third-order valence-electron chi connectivity index (χ3n) is 4.03. The highest BCUT2D eigenvalue weighted by molar-refractivity contribution is 5.93. The van der Waals surface area contributed by atoms with E-state index in [4.69, 9.17) is 9.47 Å². The number of carbonyl (C=O) groups is 1. The Balaban J connectivity index is 1.73. The van der Waals surface area contributed by atoms with E-state index in [1.807, 2.05) is 0 Å². The molecule has 1 saturated carbocycles. The molecule has 1 heterocycles. The van der Waals surface area contributed by atoms with Gasteiger partial charge < -0.3 is 19.9 Å². The standard InChI is InChI=1S/C15H19NO4/c17-12-6-4-11(5-7-12)16-14(18)13-3-1-2-8-15(13)19-9-10-20-15/h4-7,13,17H,1-3,8-10H2,(H,16,18). The van der Waals surface area contributed by atoms with Crippen LogP contribution in [0.5, 0.6) is 5.75 Å². The Kier molecular flexibility index (Phi) is 3.63. The van der Waals surface area contributed by atoms with Crippen LogP contribution in [0, 0.1) is 5.92 Å². The van der Waals surface area contributed by atoms with Gasteiger partial charge in [0.05, 0.1) is 19.1 Å². The van der Waals surface area contributed by atoms with E-state index >= 15 is 0 Å². The van der Waals surface area contributed by atoms with Crippen molar-refractivity contribution in [3.05, 3.63) is 24.3 Å². The second-order valence-electron chi connectivity index (χ2n) is 5.34. The molecule has 20 heavy (non-hydrogen) atoms. The number of phenolic OH excluding ortho intramolecular Hbond substituents is 1. The van der Waals surface area contributed by atoms with Crippen molar-refractivity contribution in [2.45, 2.75) is 31.5 Å².